The summed E-state index contributed by atoms with van der Waals surface area (Å²) >= 11 is 0. The van der Waals surface area contributed by atoms with Crippen molar-refractivity contribution < 1.29 is 14.6 Å². The van der Waals surface area contributed by atoms with Crippen LogP contribution in [0.3, 0.4) is 0 Å². The lowest BCUT2D eigenvalue weighted by Gasteiger charge is -2.09. The van der Waals surface area contributed by atoms with Gasteiger partial charge in [0, 0.05) is 12.2 Å². The Morgan fingerprint density at radius 2 is 2.06 bits per heavy atom. The zero-order chi connectivity index (χ0) is 13.4. The first-order valence-corrected chi connectivity index (χ1v) is 5.94. The van der Waals surface area contributed by atoms with Crippen molar-refractivity contribution in [3.8, 4) is 0 Å². The average molecular weight is 252 g/mol. The van der Waals surface area contributed by atoms with Gasteiger partial charge in [-0.05, 0) is 37.1 Å². The van der Waals surface area contributed by atoms with Crippen LogP contribution in [0.1, 0.15) is 11.1 Å². The first-order chi connectivity index (χ1) is 8.63. The number of amides is 2. The maximum atomic E-state index is 11.5. The highest BCUT2D eigenvalue weighted by Crippen LogP contribution is 2.13. The SMILES string of the molecule is Cc1ccc(NC(=O)NCCOCCO)cc1C. The molecule has 0 saturated heterocycles. The van der Waals surface area contributed by atoms with Crippen LogP contribution in [0.15, 0.2) is 18.2 Å². The molecule has 5 heteroatoms. The molecular formula is C13H20N2O3. The van der Waals surface area contributed by atoms with Crippen LogP contribution in [-0.2, 0) is 4.74 Å². The van der Waals surface area contributed by atoms with Gasteiger partial charge in [-0.25, -0.2) is 4.79 Å². The Balaban J connectivity index is 2.29. The zero-order valence-electron chi connectivity index (χ0n) is 10.8. The van der Waals surface area contributed by atoms with E-state index in [1.165, 1.54) is 5.56 Å². The average Bonchev–Trinajstić information content (AvgIpc) is 2.34. The quantitative estimate of drug-likeness (QED) is 0.671. The minimum absolute atomic E-state index is 0.00512. The van der Waals surface area contributed by atoms with Crippen LogP contribution in [0, 0.1) is 13.8 Å². The molecule has 0 heterocycles. The van der Waals surface area contributed by atoms with Gasteiger partial charge in [0.15, 0.2) is 0 Å². The van der Waals surface area contributed by atoms with E-state index in [1.807, 2.05) is 32.0 Å². The molecule has 0 spiro atoms. The summed E-state index contributed by atoms with van der Waals surface area (Å²) in [6.07, 6.45) is 0. The number of carbonyl (C=O) groups excluding carboxylic acids is 1. The van der Waals surface area contributed by atoms with E-state index >= 15 is 0 Å². The summed E-state index contributed by atoms with van der Waals surface area (Å²) in [6, 6.07) is 5.50. The van der Waals surface area contributed by atoms with Gasteiger partial charge in [0.2, 0.25) is 0 Å². The molecule has 0 aliphatic heterocycles. The molecule has 0 unspecified atom stereocenters. The first kappa shape index (κ1) is 14.5. The number of anilines is 1. The van der Waals surface area contributed by atoms with Gasteiger partial charge in [-0.15, -0.1) is 0 Å². The van der Waals surface area contributed by atoms with Gasteiger partial charge in [0.1, 0.15) is 0 Å². The number of nitrogens with one attached hydrogen (secondary N) is 2. The number of hydrogen-bond donors (Lipinski definition) is 3. The first-order valence-electron chi connectivity index (χ1n) is 5.94. The number of benzene rings is 1. The Morgan fingerprint density at radius 1 is 1.28 bits per heavy atom. The molecule has 100 valence electrons. The highest BCUT2D eigenvalue weighted by Gasteiger charge is 2.01. The van der Waals surface area contributed by atoms with Gasteiger partial charge in [0.25, 0.3) is 0 Å². The van der Waals surface area contributed by atoms with E-state index in [-0.39, 0.29) is 12.6 Å². The van der Waals surface area contributed by atoms with Crippen LogP contribution in [-0.4, -0.2) is 37.5 Å². The number of aliphatic hydroxyl groups excluding tert-OH is 1. The fourth-order valence-corrected chi connectivity index (χ4v) is 1.40. The molecule has 1 rings (SSSR count). The molecule has 1 aromatic carbocycles. The second-order valence-corrected chi connectivity index (χ2v) is 4.02. The van der Waals surface area contributed by atoms with Crippen LogP contribution in [0.25, 0.3) is 0 Å². The number of hydrogen-bond acceptors (Lipinski definition) is 3. The molecule has 3 N–H and O–H groups in total. The Hall–Kier alpha value is -1.59. The molecule has 0 saturated carbocycles. The minimum atomic E-state index is -0.258. The second-order valence-electron chi connectivity index (χ2n) is 4.02. The summed E-state index contributed by atoms with van der Waals surface area (Å²) in [5, 5.41) is 13.9. The topological polar surface area (TPSA) is 70.6 Å². The molecule has 0 aromatic heterocycles. The summed E-state index contributed by atoms with van der Waals surface area (Å²) in [7, 11) is 0. The number of urea groups is 1. The molecule has 0 atom stereocenters. The molecule has 1 aromatic rings. The molecule has 0 fully saturated rings. The molecule has 2 amide bonds. The summed E-state index contributed by atoms with van der Waals surface area (Å²) in [4.78, 5) is 11.5. The van der Waals surface area contributed by atoms with Crippen molar-refractivity contribution in [2.75, 3.05) is 31.7 Å². The van der Waals surface area contributed by atoms with Gasteiger partial charge in [-0.3, -0.25) is 0 Å². The van der Waals surface area contributed by atoms with E-state index in [1.54, 1.807) is 0 Å². The van der Waals surface area contributed by atoms with Crippen LogP contribution >= 0.6 is 0 Å². The Morgan fingerprint density at radius 3 is 2.72 bits per heavy atom. The Labute approximate surface area is 107 Å². The molecule has 18 heavy (non-hydrogen) atoms. The van der Waals surface area contributed by atoms with Crippen LogP contribution in [0.5, 0.6) is 0 Å². The molecule has 0 radical (unpaired) electrons. The van der Waals surface area contributed by atoms with E-state index in [2.05, 4.69) is 10.6 Å². The molecule has 0 bridgehead atoms. The summed E-state index contributed by atoms with van der Waals surface area (Å²) in [5.41, 5.74) is 3.10. The highest BCUT2D eigenvalue weighted by atomic mass is 16.5. The zero-order valence-corrected chi connectivity index (χ0v) is 10.8. The molecule has 0 aliphatic carbocycles. The number of rotatable bonds is 6. The lowest BCUT2D eigenvalue weighted by molar-refractivity contribution is 0.0950. The fourth-order valence-electron chi connectivity index (χ4n) is 1.40. The van der Waals surface area contributed by atoms with E-state index in [9.17, 15) is 4.79 Å². The second kappa shape index (κ2) is 7.68. The van der Waals surface area contributed by atoms with Crippen molar-refractivity contribution in [1.82, 2.24) is 5.32 Å². The lowest BCUT2D eigenvalue weighted by Crippen LogP contribution is -2.31. The third-order valence-corrected chi connectivity index (χ3v) is 2.53. The molecule has 5 nitrogen and oxygen atoms in total. The van der Waals surface area contributed by atoms with Crippen molar-refractivity contribution in [1.29, 1.82) is 0 Å². The fraction of sp³-hybridized carbons (Fsp3) is 0.462. The third-order valence-electron chi connectivity index (χ3n) is 2.53. The highest BCUT2D eigenvalue weighted by molar-refractivity contribution is 5.89. The van der Waals surface area contributed by atoms with E-state index in [4.69, 9.17) is 9.84 Å². The van der Waals surface area contributed by atoms with Crippen molar-refractivity contribution in [3.63, 3.8) is 0 Å². The lowest BCUT2D eigenvalue weighted by atomic mass is 10.1. The van der Waals surface area contributed by atoms with Crippen molar-refractivity contribution >= 4 is 11.7 Å². The van der Waals surface area contributed by atoms with Gasteiger partial charge >= 0.3 is 6.03 Å². The molecular weight excluding hydrogens is 232 g/mol. The van der Waals surface area contributed by atoms with Crippen LogP contribution in [0.4, 0.5) is 10.5 Å². The monoisotopic (exact) mass is 252 g/mol. The maximum Gasteiger partial charge on any atom is 0.319 e. The normalized spacial score (nSPS) is 10.2. The number of ether oxygens (including phenoxy) is 1. The number of carbonyl (C=O) groups is 1. The number of aryl methyl sites for hydroxylation is 2. The van der Waals surface area contributed by atoms with Crippen molar-refractivity contribution in [3.05, 3.63) is 29.3 Å². The number of aliphatic hydroxyl groups is 1. The van der Waals surface area contributed by atoms with Gasteiger partial charge in [0.05, 0.1) is 19.8 Å². The van der Waals surface area contributed by atoms with Crippen LogP contribution in [0.2, 0.25) is 0 Å². The van der Waals surface area contributed by atoms with Crippen LogP contribution < -0.4 is 10.6 Å². The van der Waals surface area contributed by atoms with Gasteiger partial charge in [-0.2, -0.15) is 0 Å². The predicted molar refractivity (Wildman–Crippen MR) is 70.8 cm³/mol. The predicted octanol–water partition coefficient (Wildman–Crippen LogP) is 1.43. The smallest absolute Gasteiger partial charge is 0.319 e. The van der Waals surface area contributed by atoms with Crippen molar-refractivity contribution in [2.45, 2.75) is 13.8 Å². The van der Waals surface area contributed by atoms with Gasteiger partial charge in [-0.1, -0.05) is 6.07 Å². The Bertz CT molecular complexity index is 394. The summed E-state index contributed by atoms with van der Waals surface area (Å²) in [6.45, 7) is 5.12. The third kappa shape index (κ3) is 5.16. The standard InChI is InChI=1S/C13H20N2O3/c1-10-3-4-12(9-11(10)2)15-13(17)14-5-7-18-8-6-16/h3-4,9,16H,5-8H2,1-2H3,(H2,14,15,17). The minimum Gasteiger partial charge on any atom is -0.394 e. The largest absolute Gasteiger partial charge is 0.394 e. The van der Waals surface area contributed by atoms with E-state index in [0.717, 1.165) is 11.3 Å². The summed E-state index contributed by atoms with van der Waals surface area (Å²) < 4.78 is 5.03. The van der Waals surface area contributed by atoms with E-state index < -0.39 is 0 Å². The maximum absolute atomic E-state index is 11.5. The van der Waals surface area contributed by atoms with E-state index in [0.29, 0.717) is 19.8 Å². The molecule has 0 aliphatic rings. The van der Waals surface area contributed by atoms with Gasteiger partial charge < -0.3 is 20.5 Å². The summed E-state index contributed by atoms with van der Waals surface area (Å²) in [5.74, 6) is 0. The Kier molecular flexibility index (Phi) is 6.18. The van der Waals surface area contributed by atoms with Crippen molar-refractivity contribution in [2.24, 2.45) is 0 Å².